The van der Waals surface area contributed by atoms with Crippen molar-refractivity contribution in [2.75, 3.05) is 13.1 Å². The van der Waals surface area contributed by atoms with E-state index in [1.807, 2.05) is 36.5 Å². The van der Waals surface area contributed by atoms with Gasteiger partial charge in [-0.1, -0.05) is 41.9 Å². The first-order valence-corrected chi connectivity index (χ1v) is 8.89. The quantitative estimate of drug-likeness (QED) is 0.617. The topological polar surface area (TPSA) is 76.0 Å². The first kappa shape index (κ1) is 18.7. The van der Waals surface area contributed by atoms with E-state index in [1.165, 1.54) is 0 Å². The van der Waals surface area contributed by atoms with Gasteiger partial charge in [-0.15, -0.1) is 0 Å². The van der Waals surface area contributed by atoms with Crippen LogP contribution in [0.4, 0.5) is 0 Å². The zero-order valence-electron chi connectivity index (χ0n) is 14.6. The Kier molecular flexibility index (Phi) is 6.22. The molecule has 2 N–H and O–H groups in total. The molecule has 0 fully saturated rings. The average Bonchev–Trinajstić information content (AvgIpc) is 3.14. The molecule has 6 nitrogen and oxygen atoms in total. The van der Waals surface area contributed by atoms with Crippen LogP contribution >= 0.6 is 11.6 Å². The largest absolute Gasteiger partial charge is 0.354 e. The number of benzene rings is 2. The standard InChI is InChI=1S/C20H19ClN4O2/c21-18-9-5-4-8-17(18)20(27)23-11-10-22-19(26)12-15-13-24-25(14-15)16-6-2-1-3-7-16/h1-9,13-14H,10-12H2,(H,22,26)(H,23,27). The number of amides is 2. The third kappa shape index (κ3) is 5.18. The van der Waals surface area contributed by atoms with E-state index in [1.54, 1.807) is 35.1 Å². The van der Waals surface area contributed by atoms with Gasteiger partial charge in [0.15, 0.2) is 0 Å². The van der Waals surface area contributed by atoms with Gasteiger partial charge in [0.05, 0.1) is 28.9 Å². The van der Waals surface area contributed by atoms with Crippen LogP contribution in [0.25, 0.3) is 5.69 Å². The zero-order chi connectivity index (χ0) is 19.1. The maximum absolute atomic E-state index is 12.0. The lowest BCUT2D eigenvalue weighted by atomic mass is 10.2. The molecule has 0 bridgehead atoms. The van der Waals surface area contributed by atoms with Gasteiger partial charge in [0.25, 0.3) is 5.91 Å². The fourth-order valence-corrected chi connectivity index (χ4v) is 2.76. The number of hydrogen-bond donors (Lipinski definition) is 2. The second-order valence-electron chi connectivity index (χ2n) is 5.89. The molecule has 27 heavy (non-hydrogen) atoms. The molecule has 0 aliphatic heterocycles. The van der Waals surface area contributed by atoms with Crippen LogP contribution in [-0.4, -0.2) is 34.7 Å². The highest BCUT2D eigenvalue weighted by atomic mass is 35.5. The monoisotopic (exact) mass is 382 g/mol. The fourth-order valence-electron chi connectivity index (χ4n) is 2.54. The maximum atomic E-state index is 12.0. The van der Waals surface area contributed by atoms with Crippen molar-refractivity contribution >= 4 is 23.4 Å². The van der Waals surface area contributed by atoms with Crippen molar-refractivity contribution in [2.45, 2.75) is 6.42 Å². The molecule has 0 saturated heterocycles. The van der Waals surface area contributed by atoms with E-state index >= 15 is 0 Å². The number of rotatable bonds is 7. The van der Waals surface area contributed by atoms with Crippen LogP contribution in [-0.2, 0) is 11.2 Å². The summed E-state index contributed by atoms with van der Waals surface area (Å²) in [5, 5.41) is 10.2. The molecule has 3 rings (SSSR count). The van der Waals surface area contributed by atoms with Gasteiger partial charge in [-0.3, -0.25) is 9.59 Å². The normalized spacial score (nSPS) is 10.4. The lowest BCUT2D eigenvalue weighted by Gasteiger charge is -2.07. The summed E-state index contributed by atoms with van der Waals surface area (Å²) >= 11 is 5.98. The lowest BCUT2D eigenvalue weighted by Crippen LogP contribution is -2.35. The number of aromatic nitrogens is 2. The van der Waals surface area contributed by atoms with Crippen molar-refractivity contribution in [3.63, 3.8) is 0 Å². The maximum Gasteiger partial charge on any atom is 0.252 e. The second kappa shape index (κ2) is 9.00. The Bertz CT molecular complexity index is 924. The Morgan fingerprint density at radius 3 is 2.44 bits per heavy atom. The van der Waals surface area contributed by atoms with E-state index in [4.69, 9.17) is 11.6 Å². The lowest BCUT2D eigenvalue weighted by molar-refractivity contribution is -0.120. The number of nitrogens with one attached hydrogen (secondary N) is 2. The second-order valence-corrected chi connectivity index (χ2v) is 6.30. The minimum absolute atomic E-state index is 0.130. The van der Waals surface area contributed by atoms with Crippen molar-refractivity contribution < 1.29 is 9.59 Å². The first-order chi connectivity index (χ1) is 13.1. The molecule has 0 radical (unpaired) electrons. The van der Waals surface area contributed by atoms with E-state index in [9.17, 15) is 9.59 Å². The van der Waals surface area contributed by atoms with E-state index < -0.39 is 0 Å². The molecule has 2 amide bonds. The van der Waals surface area contributed by atoms with Crippen LogP contribution in [0.1, 0.15) is 15.9 Å². The van der Waals surface area contributed by atoms with Gasteiger partial charge in [-0.05, 0) is 29.8 Å². The van der Waals surface area contributed by atoms with Crippen LogP contribution in [0.5, 0.6) is 0 Å². The molecule has 0 saturated carbocycles. The molecule has 2 aromatic carbocycles. The molecule has 3 aromatic rings. The molecular weight excluding hydrogens is 364 g/mol. The van der Waals surface area contributed by atoms with Gasteiger partial charge in [0.1, 0.15) is 0 Å². The number of nitrogens with zero attached hydrogens (tertiary/aromatic N) is 2. The Morgan fingerprint density at radius 2 is 1.67 bits per heavy atom. The highest BCUT2D eigenvalue weighted by Gasteiger charge is 2.09. The summed E-state index contributed by atoms with van der Waals surface area (Å²) in [6.07, 6.45) is 3.73. The predicted molar refractivity (Wildman–Crippen MR) is 104 cm³/mol. The summed E-state index contributed by atoms with van der Waals surface area (Å²) in [5.74, 6) is -0.395. The third-order valence-electron chi connectivity index (χ3n) is 3.87. The van der Waals surface area contributed by atoms with Gasteiger partial charge in [0, 0.05) is 19.3 Å². The highest BCUT2D eigenvalue weighted by Crippen LogP contribution is 2.14. The van der Waals surface area contributed by atoms with E-state index in [-0.39, 0.29) is 18.2 Å². The summed E-state index contributed by atoms with van der Waals surface area (Å²) < 4.78 is 1.73. The fraction of sp³-hybridized carbons (Fsp3) is 0.150. The smallest absolute Gasteiger partial charge is 0.252 e. The van der Waals surface area contributed by atoms with E-state index in [0.717, 1.165) is 11.3 Å². The van der Waals surface area contributed by atoms with E-state index in [0.29, 0.717) is 23.7 Å². The molecule has 0 aliphatic rings. The van der Waals surface area contributed by atoms with Gasteiger partial charge in [-0.2, -0.15) is 5.10 Å². The van der Waals surface area contributed by atoms with Gasteiger partial charge in [-0.25, -0.2) is 4.68 Å². The number of para-hydroxylation sites is 1. The Hall–Kier alpha value is -3.12. The minimum Gasteiger partial charge on any atom is -0.354 e. The number of carbonyl (C=O) groups is 2. The third-order valence-corrected chi connectivity index (χ3v) is 4.20. The van der Waals surface area contributed by atoms with Crippen molar-refractivity contribution in [2.24, 2.45) is 0 Å². The van der Waals surface area contributed by atoms with Crippen molar-refractivity contribution in [3.05, 3.63) is 83.1 Å². The Morgan fingerprint density at radius 1 is 0.963 bits per heavy atom. The van der Waals surface area contributed by atoms with Crippen LogP contribution in [0.15, 0.2) is 67.0 Å². The molecule has 1 aromatic heterocycles. The molecule has 1 heterocycles. The Balaban J connectivity index is 1.42. The van der Waals surface area contributed by atoms with Crippen molar-refractivity contribution in [3.8, 4) is 5.69 Å². The summed E-state index contributed by atoms with van der Waals surface area (Å²) in [7, 11) is 0. The van der Waals surface area contributed by atoms with Crippen molar-refractivity contribution in [1.29, 1.82) is 0 Å². The SMILES string of the molecule is O=C(Cc1cnn(-c2ccccc2)c1)NCCNC(=O)c1ccccc1Cl. The minimum atomic E-state index is -0.265. The average molecular weight is 383 g/mol. The first-order valence-electron chi connectivity index (χ1n) is 8.52. The number of carbonyl (C=O) groups excluding carboxylic acids is 2. The van der Waals surface area contributed by atoms with Crippen LogP contribution in [0.3, 0.4) is 0 Å². The molecule has 0 atom stereocenters. The summed E-state index contributed by atoms with van der Waals surface area (Å²) in [6, 6.07) is 16.5. The summed E-state index contributed by atoms with van der Waals surface area (Å²) in [4.78, 5) is 24.1. The zero-order valence-corrected chi connectivity index (χ0v) is 15.3. The highest BCUT2D eigenvalue weighted by molar-refractivity contribution is 6.33. The Labute approximate surface area is 162 Å². The predicted octanol–water partition coefficient (Wildman–Crippen LogP) is 2.61. The molecular formula is C20H19ClN4O2. The van der Waals surface area contributed by atoms with Gasteiger partial charge < -0.3 is 10.6 Å². The molecule has 0 aliphatic carbocycles. The van der Waals surface area contributed by atoms with E-state index in [2.05, 4.69) is 15.7 Å². The molecule has 0 unspecified atom stereocenters. The van der Waals surface area contributed by atoms with Gasteiger partial charge in [0.2, 0.25) is 5.91 Å². The molecule has 7 heteroatoms. The molecule has 0 spiro atoms. The summed E-state index contributed by atoms with van der Waals surface area (Å²) in [5.41, 5.74) is 2.17. The molecule has 138 valence electrons. The number of halogens is 1. The summed E-state index contributed by atoms with van der Waals surface area (Å²) in [6.45, 7) is 0.654. The van der Waals surface area contributed by atoms with Gasteiger partial charge >= 0.3 is 0 Å². The number of hydrogen-bond acceptors (Lipinski definition) is 3. The van der Waals surface area contributed by atoms with Crippen LogP contribution < -0.4 is 10.6 Å². The van der Waals surface area contributed by atoms with Crippen LogP contribution in [0.2, 0.25) is 5.02 Å². The van der Waals surface area contributed by atoms with Crippen LogP contribution in [0, 0.1) is 0 Å². The van der Waals surface area contributed by atoms with Crippen molar-refractivity contribution in [1.82, 2.24) is 20.4 Å².